The van der Waals surface area contributed by atoms with Gasteiger partial charge in [0.15, 0.2) is 0 Å². The normalized spacial score (nSPS) is 21.0. The van der Waals surface area contributed by atoms with Gasteiger partial charge in [-0.3, -0.25) is 19.3 Å². The Morgan fingerprint density at radius 2 is 2.08 bits per heavy atom. The van der Waals surface area contributed by atoms with Crippen LogP contribution in [0.3, 0.4) is 0 Å². The highest BCUT2D eigenvalue weighted by Gasteiger charge is 2.34. The number of nitriles is 1. The van der Waals surface area contributed by atoms with Crippen LogP contribution < -0.4 is 0 Å². The van der Waals surface area contributed by atoms with Crippen LogP contribution in [0.5, 0.6) is 0 Å². The zero-order valence-corrected chi connectivity index (χ0v) is 13.6. The van der Waals surface area contributed by atoms with Crippen molar-refractivity contribution < 1.29 is 19.5 Å². The molecule has 1 aliphatic rings. The van der Waals surface area contributed by atoms with Gasteiger partial charge in [-0.1, -0.05) is 30.3 Å². The molecule has 0 saturated carbocycles. The molecule has 24 heavy (non-hydrogen) atoms. The fraction of sp³-hybridized carbons (Fsp3) is 0.471. The second-order valence-corrected chi connectivity index (χ2v) is 5.80. The zero-order chi connectivity index (χ0) is 17.5. The maximum absolute atomic E-state index is 11.9. The van der Waals surface area contributed by atoms with Gasteiger partial charge in [-0.05, 0) is 18.4 Å². The molecular formula is C17H21N3O4. The summed E-state index contributed by atoms with van der Waals surface area (Å²) in [7, 11) is 0. The lowest BCUT2D eigenvalue weighted by molar-refractivity contribution is -0.210. The van der Waals surface area contributed by atoms with Crippen LogP contribution >= 0.6 is 0 Å². The van der Waals surface area contributed by atoms with E-state index in [4.69, 9.17) is 15.2 Å². The quantitative estimate of drug-likeness (QED) is 0.792. The number of carboxylic acid groups (broad SMARTS) is 1. The fourth-order valence-electron chi connectivity index (χ4n) is 2.88. The van der Waals surface area contributed by atoms with E-state index in [1.54, 1.807) is 4.90 Å². The van der Waals surface area contributed by atoms with Gasteiger partial charge in [0.1, 0.15) is 6.61 Å². The molecule has 1 heterocycles. The SMILES string of the molecule is CC(=O)N(OCc1ccccc1)C1CCC(C#N)N(CC(=O)O)C1. The average Bonchev–Trinajstić information content (AvgIpc) is 2.55. The van der Waals surface area contributed by atoms with Crippen molar-refractivity contribution in [2.75, 3.05) is 13.1 Å². The predicted molar refractivity (Wildman–Crippen MR) is 85.4 cm³/mol. The first kappa shape index (κ1) is 17.9. The van der Waals surface area contributed by atoms with Gasteiger partial charge >= 0.3 is 5.97 Å². The molecule has 1 aromatic rings. The topological polar surface area (TPSA) is 93.9 Å². The van der Waals surface area contributed by atoms with Crippen molar-refractivity contribution in [1.29, 1.82) is 5.26 Å². The van der Waals surface area contributed by atoms with Crippen LogP contribution in [0.4, 0.5) is 0 Å². The maximum Gasteiger partial charge on any atom is 0.317 e. The number of hydrogen-bond acceptors (Lipinski definition) is 5. The third-order valence-electron chi connectivity index (χ3n) is 4.00. The number of likely N-dealkylation sites (tertiary alicyclic amines) is 1. The molecule has 0 bridgehead atoms. The number of amides is 1. The maximum atomic E-state index is 11.9. The number of benzene rings is 1. The van der Waals surface area contributed by atoms with Crippen molar-refractivity contribution in [3.05, 3.63) is 35.9 Å². The molecule has 1 aromatic carbocycles. The predicted octanol–water partition coefficient (Wildman–Crippen LogP) is 1.41. The van der Waals surface area contributed by atoms with Crippen molar-refractivity contribution in [3.8, 4) is 6.07 Å². The molecule has 2 unspecified atom stereocenters. The van der Waals surface area contributed by atoms with Crippen LogP contribution in [0.15, 0.2) is 30.3 Å². The Balaban J connectivity index is 2.03. The summed E-state index contributed by atoms with van der Waals surface area (Å²) < 4.78 is 0. The first-order valence-corrected chi connectivity index (χ1v) is 7.83. The minimum atomic E-state index is -0.990. The largest absolute Gasteiger partial charge is 0.480 e. The summed E-state index contributed by atoms with van der Waals surface area (Å²) in [5, 5.41) is 19.5. The van der Waals surface area contributed by atoms with Gasteiger partial charge in [0.05, 0.1) is 24.7 Å². The molecule has 1 fully saturated rings. The average molecular weight is 331 g/mol. The number of carbonyl (C=O) groups excluding carboxylic acids is 1. The summed E-state index contributed by atoms with van der Waals surface area (Å²) >= 11 is 0. The molecule has 7 heteroatoms. The number of carbonyl (C=O) groups is 2. The summed E-state index contributed by atoms with van der Waals surface area (Å²) in [6, 6.07) is 10.9. The number of hydroxylamine groups is 2. The molecule has 2 atom stereocenters. The summed E-state index contributed by atoms with van der Waals surface area (Å²) in [6.45, 7) is 1.76. The van der Waals surface area contributed by atoms with Crippen LogP contribution in [0, 0.1) is 11.3 Å². The van der Waals surface area contributed by atoms with E-state index in [2.05, 4.69) is 6.07 Å². The van der Waals surface area contributed by atoms with Crippen LogP contribution in [-0.2, 0) is 21.0 Å². The van der Waals surface area contributed by atoms with Crippen molar-refractivity contribution in [2.24, 2.45) is 0 Å². The van der Waals surface area contributed by atoms with E-state index >= 15 is 0 Å². The van der Waals surface area contributed by atoms with Crippen molar-refractivity contribution >= 4 is 11.9 Å². The van der Waals surface area contributed by atoms with Crippen LogP contribution in [0.1, 0.15) is 25.3 Å². The van der Waals surface area contributed by atoms with E-state index in [1.807, 2.05) is 30.3 Å². The molecular weight excluding hydrogens is 310 g/mol. The number of carboxylic acids is 1. The summed E-state index contributed by atoms with van der Waals surface area (Å²) in [5.41, 5.74) is 0.942. The third kappa shape index (κ3) is 4.78. The smallest absolute Gasteiger partial charge is 0.317 e. The highest BCUT2D eigenvalue weighted by molar-refractivity contribution is 5.72. The Bertz CT molecular complexity index is 614. The Hall–Kier alpha value is -2.43. The number of aliphatic carboxylic acids is 1. The first-order valence-electron chi connectivity index (χ1n) is 7.83. The fourth-order valence-corrected chi connectivity index (χ4v) is 2.88. The van der Waals surface area contributed by atoms with Gasteiger partial charge in [-0.2, -0.15) is 5.26 Å². The van der Waals surface area contributed by atoms with E-state index < -0.39 is 12.0 Å². The lowest BCUT2D eigenvalue weighted by atomic mass is 9.98. The third-order valence-corrected chi connectivity index (χ3v) is 4.00. The van der Waals surface area contributed by atoms with Gasteiger partial charge < -0.3 is 5.11 Å². The second kappa shape index (κ2) is 8.43. The molecule has 1 amide bonds. The molecule has 0 aliphatic carbocycles. The summed E-state index contributed by atoms with van der Waals surface area (Å²) in [4.78, 5) is 30.2. The minimum absolute atomic E-state index is 0.223. The van der Waals surface area contributed by atoms with Crippen molar-refractivity contribution in [2.45, 2.75) is 38.5 Å². The Kier molecular flexibility index (Phi) is 6.29. The monoisotopic (exact) mass is 331 g/mol. The highest BCUT2D eigenvalue weighted by Crippen LogP contribution is 2.22. The minimum Gasteiger partial charge on any atom is -0.480 e. The van der Waals surface area contributed by atoms with Gasteiger partial charge in [0, 0.05) is 13.5 Å². The number of piperidine rings is 1. The summed E-state index contributed by atoms with van der Waals surface area (Å²) in [5.74, 6) is -1.22. The van der Waals surface area contributed by atoms with E-state index in [-0.39, 0.29) is 25.1 Å². The lowest BCUT2D eigenvalue weighted by Crippen LogP contribution is -2.53. The molecule has 1 N–H and O–H groups in total. The molecule has 0 spiro atoms. The number of hydrogen-bond donors (Lipinski definition) is 1. The van der Waals surface area contributed by atoms with Crippen molar-refractivity contribution in [3.63, 3.8) is 0 Å². The van der Waals surface area contributed by atoms with E-state index in [0.717, 1.165) is 5.56 Å². The van der Waals surface area contributed by atoms with Gasteiger partial charge in [-0.15, -0.1) is 0 Å². The lowest BCUT2D eigenvalue weighted by Gasteiger charge is -2.39. The Labute approximate surface area is 141 Å². The number of rotatable bonds is 6. The molecule has 0 aromatic heterocycles. The van der Waals surface area contributed by atoms with E-state index in [0.29, 0.717) is 19.4 Å². The van der Waals surface area contributed by atoms with Crippen LogP contribution in [0.25, 0.3) is 0 Å². The molecule has 1 aliphatic heterocycles. The Morgan fingerprint density at radius 1 is 1.38 bits per heavy atom. The van der Waals surface area contributed by atoms with Gasteiger partial charge in [0.25, 0.3) is 0 Å². The van der Waals surface area contributed by atoms with E-state index in [9.17, 15) is 9.59 Å². The Morgan fingerprint density at radius 3 is 2.67 bits per heavy atom. The summed E-state index contributed by atoms with van der Waals surface area (Å²) in [6.07, 6.45) is 1.11. The zero-order valence-electron chi connectivity index (χ0n) is 13.6. The molecule has 0 radical (unpaired) electrons. The van der Waals surface area contributed by atoms with E-state index in [1.165, 1.54) is 12.0 Å². The van der Waals surface area contributed by atoms with Crippen LogP contribution in [0.2, 0.25) is 0 Å². The first-order chi connectivity index (χ1) is 11.5. The standard InChI is InChI=1S/C17H21N3O4/c1-13(21)20(24-12-14-5-3-2-4-6-14)16-8-7-15(9-18)19(10-16)11-17(22)23/h2-6,15-16H,7-8,10-12H2,1H3,(H,22,23). The molecule has 128 valence electrons. The molecule has 1 saturated heterocycles. The molecule has 2 rings (SSSR count). The molecule has 7 nitrogen and oxygen atoms in total. The van der Waals surface area contributed by atoms with Crippen molar-refractivity contribution in [1.82, 2.24) is 9.96 Å². The highest BCUT2D eigenvalue weighted by atomic mass is 16.7. The van der Waals surface area contributed by atoms with Gasteiger partial charge in [0.2, 0.25) is 5.91 Å². The second-order valence-electron chi connectivity index (χ2n) is 5.80. The van der Waals surface area contributed by atoms with Crippen LogP contribution in [-0.4, -0.2) is 52.1 Å². The van der Waals surface area contributed by atoms with Gasteiger partial charge in [-0.25, -0.2) is 5.06 Å². The number of nitrogens with zero attached hydrogens (tertiary/aromatic N) is 3.